The highest BCUT2D eigenvalue weighted by atomic mass is 16.5. The molecule has 3 heteroatoms. The number of methoxy groups -OCH3 is 1. The van der Waals surface area contributed by atoms with Gasteiger partial charge < -0.3 is 15.0 Å². The fraction of sp³-hybridized carbons (Fsp3) is 1.00. The Morgan fingerprint density at radius 2 is 2.36 bits per heavy atom. The van der Waals surface area contributed by atoms with Gasteiger partial charge in [0.2, 0.25) is 0 Å². The molecule has 0 aliphatic carbocycles. The molecule has 1 rings (SSSR count). The normalized spacial score (nSPS) is 34.1. The molecule has 0 aromatic heterocycles. The minimum atomic E-state index is 0.155. The highest BCUT2D eigenvalue weighted by molar-refractivity contribution is 4.89. The third-order valence-electron chi connectivity index (χ3n) is 2.13. The summed E-state index contributed by atoms with van der Waals surface area (Å²) in [5, 5.41) is 3.46. The Kier molecular flexibility index (Phi) is 2.87. The smallest absolute Gasteiger partial charge is 0.0654 e. The Balaban J connectivity index is 2.41. The van der Waals surface area contributed by atoms with Gasteiger partial charge in [0.1, 0.15) is 0 Å². The van der Waals surface area contributed by atoms with E-state index in [0.29, 0.717) is 0 Å². The molecule has 0 aromatic carbocycles. The van der Waals surface area contributed by atoms with Crippen molar-refractivity contribution < 1.29 is 4.74 Å². The second-order valence-corrected chi connectivity index (χ2v) is 3.66. The summed E-state index contributed by atoms with van der Waals surface area (Å²) in [4.78, 5) is 2.33. The molecule has 1 atom stereocenters. The van der Waals surface area contributed by atoms with E-state index in [-0.39, 0.29) is 5.54 Å². The molecule has 11 heavy (non-hydrogen) atoms. The first-order valence-electron chi connectivity index (χ1n) is 4.09. The minimum absolute atomic E-state index is 0.155. The molecular weight excluding hydrogens is 140 g/mol. The van der Waals surface area contributed by atoms with Crippen LogP contribution in [0.1, 0.15) is 6.92 Å². The Hall–Kier alpha value is -0.120. The van der Waals surface area contributed by atoms with Crippen molar-refractivity contribution >= 4 is 0 Å². The van der Waals surface area contributed by atoms with Gasteiger partial charge in [0.05, 0.1) is 12.1 Å². The molecule has 1 fully saturated rings. The number of nitrogens with one attached hydrogen (secondary N) is 1. The van der Waals surface area contributed by atoms with Crippen LogP contribution in [0, 0.1) is 0 Å². The van der Waals surface area contributed by atoms with E-state index >= 15 is 0 Å². The molecule has 0 saturated carbocycles. The number of rotatable bonds is 2. The van der Waals surface area contributed by atoms with Gasteiger partial charge in [0.25, 0.3) is 0 Å². The van der Waals surface area contributed by atoms with E-state index < -0.39 is 0 Å². The number of nitrogens with zero attached hydrogens (tertiary/aromatic N) is 1. The zero-order valence-electron chi connectivity index (χ0n) is 7.68. The summed E-state index contributed by atoms with van der Waals surface area (Å²) in [6.07, 6.45) is 0. The average Bonchev–Trinajstić information content (AvgIpc) is 1.86. The van der Waals surface area contributed by atoms with E-state index in [4.69, 9.17) is 4.74 Å². The van der Waals surface area contributed by atoms with Crippen molar-refractivity contribution in [3.05, 3.63) is 0 Å². The SMILES string of the molecule is COCC1(C)CN(C)CCN1. The molecule has 1 saturated heterocycles. The number of hydrogen-bond acceptors (Lipinski definition) is 3. The highest BCUT2D eigenvalue weighted by Crippen LogP contribution is 2.09. The molecule has 0 radical (unpaired) electrons. The van der Waals surface area contributed by atoms with Crippen LogP contribution >= 0.6 is 0 Å². The molecule has 1 aliphatic heterocycles. The first-order chi connectivity index (χ1) is 5.16. The van der Waals surface area contributed by atoms with Gasteiger partial charge in [-0.15, -0.1) is 0 Å². The fourth-order valence-electron chi connectivity index (χ4n) is 1.69. The maximum Gasteiger partial charge on any atom is 0.0654 e. The molecule has 3 nitrogen and oxygen atoms in total. The first kappa shape index (κ1) is 8.97. The summed E-state index contributed by atoms with van der Waals surface area (Å²) < 4.78 is 5.14. The van der Waals surface area contributed by atoms with Crippen molar-refractivity contribution in [2.45, 2.75) is 12.5 Å². The third kappa shape index (κ3) is 2.43. The molecule has 0 aromatic rings. The van der Waals surface area contributed by atoms with Gasteiger partial charge >= 0.3 is 0 Å². The lowest BCUT2D eigenvalue weighted by Gasteiger charge is -2.39. The molecule has 0 amide bonds. The van der Waals surface area contributed by atoms with E-state index in [2.05, 4.69) is 24.2 Å². The summed E-state index contributed by atoms with van der Waals surface area (Å²) >= 11 is 0. The second kappa shape index (κ2) is 3.52. The highest BCUT2D eigenvalue weighted by Gasteiger charge is 2.28. The molecule has 1 unspecified atom stereocenters. The van der Waals surface area contributed by atoms with Gasteiger partial charge in [-0.3, -0.25) is 0 Å². The van der Waals surface area contributed by atoms with Crippen molar-refractivity contribution in [1.82, 2.24) is 10.2 Å². The number of likely N-dealkylation sites (N-methyl/N-ethyl adjacent to an activating group) is 1. The summed E-state index contributed by atoms with van der Waals surface area (Å²) in [6, 6.07) is 0. The molecular formula is C8H18N2O. The number of hydrogen-bond donors (Lipinski definition) is 1. The predicted octanol–water partition coefficient (Wildman–Crippen LogP) is -0.0735. The molecule has 1 heterocycles. The average molecular weight is 158 g/mol. The Labute approximate surface area is 68.7 Å². The molecule has 0 bridgehead atoms. The Bertz CT molecular complexity index is 125. The standard InChI is InChI=1S/C8H18N2O/c1-8(7-11-3)6-10(2)5-4-9-8/h9H,4-7H2,1-3H3. The Morgan fingerprint density at radius 3 is 2.91 bits per heavy atom. The third-order valence-corrected chi connectivity index (χ3v) is 2.13. The lowest BCUT2D eigenvalue weighted by Crippen LogP contribution is -2.59. The predicted molar refractivity (Wildman–Crippen MR) is 45.8 cm³/mol. The zero-order chi connectivity index (χ0) is 8.32. The van der Waals surface area contributed by atoms with Crippen LogP contribution in [-0.4, -0.2) is 50.8 Å². The van der Waals surface area contributed by atoms with E-state index in [1.54, 1.807) is 7.11 Å². The van der Waals surface area contributed by atoms with Crippen molar-refractivity contribution in [3.63, 3.8) is 0 Å². The first-order valence-corrected chi connectivity index (χ1v) is 4.09. The van der Waals surface area contributed by atoms with Crippen LogP contribution in [0.15, 0.2) is 0 Å². The van der Waals surface area contributed by atoms with Crippen molar-refractivity contribution in [1.29, 1.82) is 0 Å². The molecule has 1 aliphatic rings. The molecule has 66 valence electrons. The Morgan fingerprint density at radius 1 is 1.64 bits per heavy atom. The summed E-state index contributed by atoms with van der Waals surface area (Å²) in [5.74, 6) is 0. The van der Waals surface area contributed by atoms with Crippen molar-refractivity contribution in [3.8, 4) is 0 Å². The van der Waals surface area contributed by atoms with Crippen LogP contribution in [0.3, 0.4) is 0 Å². The second-order valence-electron chi connectivity index (χ2n) is 3.66. The summed E-state index contributed by atoms with van der Waals surface area (Å²) in [7, 11) is 3.90. The van der Waals surface area contributed by atoms with Gasteiger partial charge in [-0.2, -0.15) is 0 Å². The zero-order valence-corrected chi connectivity index (χ0v) is 7.68. The van der Waals surface area contributed by atoms with E-state index in [9.17, 15) is 0 Å². The number of ether oxygens (including phenoxy) is 1. The summed E-state index contributed by atoms with van der Waals surface area (Å²) in [6.45, 7) is 6.26. The summed E-state index contributed by atoms with van der Waals surface area (Å²) in [5.41, 5.74) is 0.155. The van der Waals surface area contributed by atoms with Gasteiger partial charge in [0, 0.05) is 26.7 Å². The van der Waals surface area contributed by atoms with Gasteiger partial charge in [0.15, 0.2) is 0 Å². The lowest BCUT2D eigenvalue weighted by atomic mass is 10.0. The van der Waals surface area contributed by atoms with Crippen LogP contribution in [0.4, 0.5) is 0 Å². The molecule has 0 spiro atoms. The largest absolute Gasteiger partial charge is 0.383 e. The van der Waals surface area contributed by atoms with Crippen molar-refractivity contribution in [2.75, 3.05) is 40.4 Å². The van der Waals surface area contributed by atoms with Crippen molar-refractivity contribution in [2.24, 2.45) is 0 Å². The van der Waals surface area contributed by atoms with Gasteiger partial charge in [-0.25, -0.2) is 0 Å². The van der Waals surface area contributed by atoms with E-state index in [1.165, 1.54) is 0 Å². The lowest BCUT2D eigenvalue weighted by molar-refractivity contribution is 0.0722. The van der Waals surface area contributed by atoms with E-state index in [0.717, 1.165) is 26.2 Å². The minimum Gasteiger partial charge on any atom is -0.383 e. The fourth-order valence-corrected chi connectivity index (χ4v) is 1.69. The van der Waals surface area contributed by atoms with Crippen LogP contribution in [0.2, 0.25) is 0 Å². The van der Waals surface area contributed by atoms with Crippen LogP contribution in [-0.2, 0) is 4.74 Å². The maximum absolute atomic E-state index is 5.14. The molecule has 1 N–H and O–H groups in total. The number of piperazine rings is 1. The topological polar surface area (TPSA) is 24.5 Å². The van der Waals surface area contributed by atoms with Crippen LogP contribution < -0.4 is 5.32 Å². The van der Waals surface area contributed by atoms with Crippen LogP contribution in [0.5, 0.6) is 0 Å². The quantitative estimate of drug-likeness (QED) is 0.608. The maximum atomic E-state index is 5.14. The van der Waals surface area contributed by atoms with Crippen LogP contribution in [0.25, 0.3) is 0 Å². The van der Waals surface area contributed by atoms with Gasteiger partial charge in [-0.05, 0) is 14.0 Å². The monoisotopic (exact) mass is 158 g/mol. The van der Waals surface area contributed by atoms with Gasteiger partial charge in [-0.1, -0.05) is 0 Å². The van der Waals surface area contributed by atoms with E-state index in [1.807, 2.05) is 0 Å².